The van der Waals surface area contributed by atoms with Gasteiger partial charge in [0, 0.05) is 25.3 Å². The number of hydrogen-bond donors (Lipinski definition) is 2. The molecule has 2 rings (SSSR count). The van der Waals surface area contributed by atoms with Gasteiger partial charge in [-0.05, 0) is 6.42 Å². The number of likely N-dealkylation sites (tertiary alicyclic amines) is 1. The van der Waals surface area contributed by atoms with Crippen LogP contribution >= 0.6 is 0 Å². The van der Waals surface area contributed by atoms with E-state index in [2.05, 4.69) is 9.97 Å². The Morgan fingerprint density at radius 2 is 2.47 bits per heavy atom. The van der Waals surface area contributed by atoms with Crippen LogP contribution in [0.15, 0.2) is 17.2 Å². The van der Waals surface area contributed by atoms with E-state index in [9.17, 15) is 9.59 Å². The van der Waals surface area contributed by atoms with E-state index >= 15 is 0 Å². The number of H-pyrrole nitrogens is 1. The molecular formula is C9H12N4O2. The lowest BCUT2D eigenvalue weighted by Crippen LogP contribution is -2.32. The van der Waals surface area contributed by atoms with E-state index in [1.807, 2.05) is 0 Å². The number of nitrogens with two attached hydrogens (primary N) is 1. The topological polar surface area (TPSA) is 92.1 Å². The van der Waals surface area contributed by atoms with Crippen LogP contribution in [-0.4, -0.2) is 39.9 Å². The predicted octanol–water partition coefficient (Wildman–Crippen LogP) is -1.06. The molecule has 1 aromatic heterocycles. The van der Waals surface area contributed by atoms with Crippen LogP contribution in [-0.2, 0) is 0 Å². The highest BCUT2D eigenvalue weighted by Gasteiger charge is 2.25. The minimum Gasteiger partial charge on any atom is -0.336 e. The Balaban J connectivity index is 2.14. The van der Waals surface area contributed by atoms with Gasteiger partial charge in [-0.25, -0.2) is 4.98 Å². The third-order valence-electron chi connectivity index (χ3n) is 2.40. The van der Waals surface area contributed by atoms with Crippen molar-refractivity contribution in [3.8, 4) is 0 Å². The van der Waals surface area contributed by atoms with Gasteiger partial charge < -0.3 is 15.6 Å². The maximum Gasteiger partial charge on any atom is 0.274 e. The van der Waals surface area contributed by atoms with Gasteiger partial charge in [-0.15, -0.1) is 0 Å². The summed E-state index contributed by atoms with van der Waals surface area (Å²) < 4.78 is 0. The van der Waals surface area contributed by atoms with Gasteiger partial charge in [-0.1, -0.05) is 0 Å². The molecule has 1 unspecified atom stereocenters. The Hall–Kier alpha value is -1.69. The second-order valence-corrected chi connectivity index (χ2v) is 3.60. The zero-order valence-electron chi connectivity index (χ0n) is 8.14. The molecule has 1 saturated heterocycles. The summed E-state index contributed by atoms with van der Waals surface area (Å²) in [6.07, 6.45) is 3.24. The Morgan fingerprint density at radius 1 is 1.67 bits per heavy atom. The molecular weight excluding hydrogens is 196 g/mol. The molecule has 3 N–H and O–H groups in total. The van der Waals surface area contributed by atoms with Crippen LogP contribution < -0.4 is 11.3 Å². The highest BCUT2D eigenvalue weighted by Crippen LogP contribution is 2.09. The van der Waals surface area contributed by atoms with Gasteiger partial charge in [-0.2, -0.15) is 0 Å². The lowest BCUT2D eigenvalue weighted by Gasteiger charge is -2.14. The van der Waals surface area contributed by atoms with E-state index in [1.54, 1.807) is 4.90 Å². The van der Waals surface area contributed by atoms with Gasteiger partial charge in [0.25, 0.3) is 11.5 Å². The fraction of sp³-hybridized carbons (Fsp3) is 0.444. The molecule has 0 bridgehead atoms. The van der Waals surface area contributed by atoms with Crippen LogP contribution in [0.3, 0.4) is 0 Å². The summed E-state index contributed by atoms with van der Waals surface area (Å²) in [5, 5.41) is 0. The number of nitrogens with zero attached hydrogens (tertiary/aromatic N) is 2. The van der Waals surface area contributed by atoms with Crippen LogP contribution in [0.1, 0.15) is 16.9 Å². The van der Waals surface area contributed by atoms with Gasteiger partial charge in [0.1, 0.15) is 5.69 Å². The smallest absolute Gasteiger partial charge is 0.274 e. The van der Waals surface area contributed by atoms with Crippen molar-refractivity contribution in [2.45, 2.75) is 12.5 Å². The second kappa shape index (κ2) is 3.82. The number of amides is 1. The van der Waals surface area contributed by atoms with Crippen LogP contribution in [0, 0.1) is 0 Å². The van der Waals surface area contributed by atoms with Gasteiger partial charge >= 0.3 is 0 Å². The first kappa shape index (κ1) is 9.85. The Kier molecular flexibility index (Phi) is 2.51. The van der Waals surface area contributed by atoms with Gasteiger partial charge in [0.2, 0.25) is 0 Å². The number of nitrogens with one attached hydrogen (secondary N) is 1. The van der Waals surface area contributed by atoms with Crippen molar-refractivity contribution in [3.63, 3.8) is 0 Å². The molecule has 1 fully saturated rings. The van der Waals surface area contributed by atoms with E-state index in [-0.39, 0.29) is 23.2 Å². The molecule has 15 heavy (non-hydrogen) atoms. The van der Waals surface area contributed by atoms with Crippen LogP contribution in [0.2, 0.25) is 0 Å². The first-order valence-electron chi connectivity index (χ1n) is 4.76. The second-order valence-electron chi connectivity index (χ2n) is 3.60. The van der Waals surface area contributed by atoms with Gasteiger partial charge in [0.05, 0.1) is 6.20 Å². The molecule has 80 valence electrons. The van der Waals surface area contributed by atoms with Crippen molar-refractivity contribution in [2.75, 3.05) is 13.1 Å². The monoisotopic (exact) mass is 208 g/mol. The molecule has 0 aromatic carbocycles. The number of hydrogen-bond acceptors (Lipinski definition) is 4. The highest BCUT2D eigenvalue weighted by molar-refractivity contribution is 5.92. The molecule has 0 radical (unpaired) electrons. The van der Waals surface area contributed by atoms with Crippen LogP contribution in [0.4, 0.5) is 0 Å². The van der Waals surface area contributed by atoms with Gasteiger partial charge in [0.15, 0.2) is 0 Å². The summed E-state index contributed by atoms with van der Waals surface area (Å²) >= 11 is 0. The van der Waals surface area contributed by atoms with Crippen molar-refractivity contribution in [1.82, 2.24) is 14.9 Å². The van der Waals surface area contributed by atoms with E-state index in [1.165, 1.54) is 6.20 Å². The van der Waals surface area contributed by atoms with Crippen molar-refractivity contribution < 1.29 is 4.79 Å². The third kappa shape index (κ3) is 2.04. The maximum atomic E-state index is 11.8. The number of carbonyl (C=O) groups is 1. The fourth-order valence-corrected chi connectivity index (χ4v) is 1.59. The Morgan fingerprint density at radius 3 is 3.00 bits per heavy atom. The highest BCUT2D eigenvalue weighted by atomic mass is 16.2. The molecule has 1 aromatic rings. The minimum absolute atomic E-state index is 0.0525. The number of carbonyl (C=O) groups excluding carboxylic acids is 1. The molecule has 0 spiro atoms. The van der Waals surface area contributed by atoms with E-state index < -0.39 is 0 Å². The van der Waals surface area contributed by atoms with Gasteiger partial charge in [-0.3, -0.25) is 9.59 Å². The Bertz CT molecular complexity index is 408. The standard InChI is InChI=1S/C9H12N4O2/c10-6-1-2-13(5-6)9(15)7-3-12-8(14)4-11-7/h3-4,6H,1-2,5,10H2,(H,12,14). The molecule has 0 aliphatic carbocycles. The average molecular weight is 208 g/mol. The normalized spacial score (nSPS) is 20.6. The predicted molar refractivity (Wildman–Crippen MR) is 53.4 cm³/mol. The number of rotatable bonds is 1. The molecule has 0 saturated carbocycles. The molecule has 6 nitrogen and oxygen atoms in total. The molecule has 2 heterocycles. The largest absolute Gasteiger partial charge is 0.336 e. The summed E-state index contributed by atoms with van der Waals surface area (Å²) in [5.41, 5.74) is 5.63. The zero-order valence-corrected chi connectivity index (χ0v) is 8.14. The summed E-state index contributed by atoms with van der Waals surface area (Å²) in [7, 11) is 0. The first-order chi connectivity index (χ1) is 7.16. The summed E-state index contributed by atoms with van der Waals surface area (Å²) in [4.78, 5) is 30.4. The maximum absolute atomic E-state index is 11.8. The lowest BCUT2D eigenvalue weighted by atomic mass is 10.3. The lowest BCUT2D eigenvalue weighted by molar-refractivity contribution is 0.0784. The minimum atomic E-state index is -0.315. The zero-order chi connectivity index (χ0) is 10.8. The van der Waals surface area contributed by atoms with E-state index in [4.69, 9.17) is 5.73 Å². The van der Waals surface area contributed by atoms with Crippen molar-refractivity contribution in [3.05, 3.63) is 28.4 Å². The quantitative estimate of drug-likeness (QED) is 0.615. The average Bonchev–Trinajstić information content (AvgIpc) is 2.65. The first-order valence-corrected chi connectivity index (χ1v) is 4.76. The molecule has 1 aliphatic heterocycles. The number of aromatic amines is 1. The van der Waals surface area contributed by atoms with Crippen molar-refractivity contribution in [2.24, 2.45) is 5.73 Å². The summed E-state index contributed by atoms with van der Waals surface area (Å²) in [6, 6.07) is 0.0525. The molecule has 1 aliphatic rings. The van der Waals surface area contributed by atoms with E-state index in [0.29, 0.717) is 13.1 Å². The van der Waals surface area contributed by atoms with Crippen molar-refractivity contribution >= 4 is 5.91 Å². The van der Waals surface area contributed by atoms with Crippen LogP contribution in [0.5, 0.6) is 0 Å². The third-order valence-corrected chi connectivity index (χ3v) is 2.40. The molecule has 6 heteroatoms. The summed E-state index contributed by atoms with van der Waals surface area (Å²) in [6.45, 7) is 1.21. The van der Waals surface area contributed by atoms with Crippen molar-refractivity contribution in [1.29, 1.82) is 0 Å². The summed E-state index contributed by atoms with van der Waals surface area (Å²) in [5.74, 6) is -0.181. The SMILES string of the molecule is NC1CCN(C(=O)c2c[nH]c(=O)cn2)C1. The number of aromatic nitrogens is 2. The Labute approximate surface area is 86.1 Å². The van der Waals surface area contributed by atoms with Crippen LogP contribution in [0.25, 0.3) is 0 Å². The fourth-order valence-electron chi connectivity index (χ4n) is 1.59. The van der Waals surface area contributed by atoms with E-state index in [0.717, 1.165) is 12.6 Å². The molecule has 1 amide bonds. The molecule has 1 atom stereocenters.